The van der Waals surface area contributed by atoms with Crippen molar-refractivity contribution in [2.24, 2.45) is 0 Å². The third-order valence-corrected chi connectivity index (χ3v) is 5.58. The largest absolute Gasteiger partial charge is 0.369 e. The molecule has 2 N–H and O–H groups in total. The summed E-state index contributed by atoms with van der Waals surface area (Å²) >= 11 is 1.28. The average Bonchev–Trinajstić information content (AvgIpc) is 3.10. The lowest BCUT2D eigenvalue weighted by molar-refractivity contribution is -0.128. The molecule has 1 saturated heterocycles. The summed E-state index contributed by atoms with van der Waals surface area (Å²) in [4.78, 5) is 20.6. The standard InChI is InChI=1S/C18H20FN7OS/c1-12-10-15-22-23-18(26(15)17(20)21-12)28-11-16(27)25-8-6-24(7-9-25)14-5-3-2-4-13(14)19/h2-5,10H,6-9,11H2,1H3,(H2,20,21). The maximum absolute atomic E-state index is 13.9. The van der Waals surface area contributed by atoms with Crippen LogP contribution < -0.4 is 10.6 Å². The molecule has 1 aliphatic rings. The Balaban J connectivity index is 1.36. The molecule has 0 atom stereocenters. The third kappa shape index (κ3) is 3.59. The number of benzene rings is 1. The molecule has 1 amide bonds. The van der Waals surface area contributed by atoms with E-state index in [9.17, 15) is 9.18 Å². The molecular formula is C18H20FN7OS. The molecule has 10 heteroatoms. The summed E-state index contributed by atoms with van der Waals surface area (Å²) in [6.45, 7) is 4.14. The van der Waals surface area contributed by atoms with Gasteiger partial charge in [-0.25, -0.2) is 13.8 Å². The number of thioether (sulfide) groups is 1. The number of aromatic nitrogens is 4. The molecule has 0 spiro atoms. The fourth-order valence-corrected chi connectivity index (χ4v) is 4.11. The van der Waals surface area contributed by atoms with Crippen molar-refractivity contribution in [3.8, 4) is 0 Å². The van der Waals surface area contributed by atoms with Crippen LogP contribution in [0.3, 0.4) is 0 Å². The van der Waals surface area contributed by atoms with Crippen molar-refractivity contribution in [1.29, 1.82) is 0 Å². The van der Waals surface area contributed by atoms with E-state index in [-0.39, 0.29) is 17.5 Å². The summed E-state index contributed by atoms with van der Waals surface area (Å²) in [5.74, 6) is 0.299. The minimum absolute atomic E-state index is 0.00794. The van der Waals surface area contributed by atoms with Crippen LogP contribution in [0.5, 0.6) is 0 Å². The molecule has 0 radical (unpaired) electrons. The number of nitrogens with zero attached hydrogens (tertiary/aromatic N) is 6. The number of piperazine rings is 1. The lowest BCUT2D eigenvalue weighted by Crippen LogP contribution is -2.49. The Labute approximate surface area is 165 Å². The van der Waals surface area contributed by atoms with Gasteiger partial charge in [0.05, 0.1) is 11.4 Å². The summed E-state index contributed by atoms with van der Waals surface area (Å²) in [6.07, 6.45) is 0. The predicted octanol–water partition coefficient (Wildman–Crippen LogP) is 1.59. The lowest BCUT2D eigenvalue weighted by Gasteiger charge is -2.36. The molecule has 28 heavy (non-hydrogen) atoms. The fraction of sp³-hybridized carbons (Fsp3) is 0.333. The van der Waals surface area contributed by atoms with Crippen LogP contribution in [0.15, 0.2) is 35.5 Å². The Morgan fingerprint density at radius 1 is 1.21 bits per heavy atom. The Morgan fingerprint density at radius 2 is 1.96 bits per heavy atom. The molecular weight excluding hydrogens is 381 g/mol. The number of para-hydroxylation sites is 1. The first-order valence-electron chi connectivity index (χ1n) is 8.91. The van der Waals surface area contributed by atoms with Gasteiger partial charge in [0, 0.05) is 37.9 Å². The number of carbonyl (C=O) groups excluding carboxylic acids is 1. The van der Waals surface area contributed by atoms with Gasteiger partial charge in [-0.3, -0.25) is 4.79 Å². The molecule has 3 heterocycles. The number of anilines is 2. The minimum Gasteiger partial charge on any atom is -0.369 e. The van der Waals surface area contributed by atoms with Crippen LogP contribution in [0, 0.1) is 12.7 Å². The highest BCUT2D eigenvalue weighted by molar-refractivity contribution is 7.99. The predicted molar refractivity (Wildman–Crippen MR) is 106 cm³/mol. The van der Waals surface area contributed by atoms with Gasteiger partial charge in [0.2, 0.25) is 11.9 Å². The second-order valence-electron chi connectivity index (χ2n) is 6.54. The van der Waals surface area contributed by atoms with Crippen LogP contribution in [-0.4, -0.2) is 62.3 Å². The Morgan fingerprint density at radius 3 is 2.71 bits per heavy atom. The van der Waals surface area contributed by atoms with E-state index in [1.807, 2.05) is 17.9 Å². The van der Waals surface area contributed by atoms with E-state index < -0.39 is 0 Å². The maximum Gasteiger partial charge on any atom is 0.233 e. The molecule has 3 aromatic rings. The number of nitrogens with two attached hydrogens (primary N) is 1. The number of rotatable bonds is 4. The molecule has 2 aromatic heterocycles. The van der Waals surface area contributed by atoms with Gasteiger partial charge in [-0.2, -0.15) is 0 Å². The molecule has 1 aromatic carbocycles. The number of amides is 1. The van der Waals surface area contributed by atoms with Gasteiger partial charge in [0.25, 0.3) is 0 Å². The highest BCUT2D eigenvalue weighted by atomic mass is 32.2. The second kappa shape index (κ2) is 7.63. The first kappa shape index (κ1) is 18.5. The van der Waals surface area contributed by atoms with E-state index in [2.05, 4.69) is 15.2 Å². The first-order valence-corrected chi connectivity index (χ1v) is 9.90. The van der Waals surface area contributed by atoms with E-state index in [0.717, 1.165) is 5.69 Å². The van der Waals surface area contributed by atoms with Crippen LogP contribution >= 0.6 is 11.8 Å². The highest BCUT2D eigenvalue weighted by Gasteiger charge is 2.23. The monoisotopic (exact) mass is 401 g/mol. The third-order valence-electron chi connectivity index (χ3n) is 4.67. The minimum atomic E-state index is -0.238. The van der Waals surface area contributed by atoms with Gasteiger partial charge in [-0.05, 0) is 19.1 Å². The lowest BCUT2D eigenvalue weighted by atomic mass is 10.2. The van der Waals surface area contributed by atoms with Crippen molar-refractivity contribution in [2.75, 3.05) is 42.6 Å². The SMILES string of the molecule is Cc1cc2nnc(SCC(=O)N3CCN(c4ccccc4F)CC3)n2c(N)n1. The maximum atomic E-state index is 13.9. The summed E-state index contributed by atoms with van der Waals surface area (Å²) < 4.78 is 15.6. The molecule has 4 rings (SSSR count). The van der Waals surface area contributed by atoms with Crippen molar-refractivity contribution < 1.29 is 9.18 Å². The van der Waals surface area contributed by atoms with E-state index in [1.165, 1.54) is 17.8 Å². The van der Waals surface area contributed by atoms with E-state index in [0.29, 0.717) is 48.6 Å². The highest BCUT2D eigenvalue weighted by Crippen LogP contribution is 2.22. The molecule has 0 unspecified atom stereocenters. The molecule has 0 bridgehead atoms. The van der Waals surface area contributed by atoms with Crippen molar-refractivity contribution in [1.82, 2.24) is 24.5 Å². The van der Waals surface area contributed by atoms with Gasteiger partial charge in [0.15, 0.2) is 10.8 Å². The van der Waals surface area contributed by atoms with Gasteiger partial charge in [-0.1, -0.05) is 23.9 Å². The summed E-state index contributed by atoms with van der Waals surface area (Å²) in [5, 5.41) is 8.74. The Hall–Kier alpha value is -2.88. The van der Waals surface area contributed by atoms with Crippen molar-refractivity contribution in [2.45, 2.75) is 12.1 Å². The van der Waals surface area contributed by atoms with Gasteiger partial charge >= 0.3 is 0 Å². The first-order chi connectivity index (χ1) is 13.5. The van der Waals surface area contributed by atoms with Crippen LogP contribution in [0.2, 0.25) is 0 Å². The topological polar surface area (TPSA) is 92.7 Å². The number of hydrogen-bond donors (Lipinski definition) is 1. The fourth-order valence-electron chi connectivity index (χ4n) is 3.26. The number of fused-ring (bicyclic) bond motifs is 1. The van der Waals surface area contributed by atoms with E-state index >= 15 is 0 Å². The van der Waals surface area contributed by atoms with E-state index in [1.54, 1.807) is 27.5 Å². The van der Waals surface area contributed by atoms with Crippen LogP contribution in [0.1, 0.15) is 5.69 Å². The number of halogens is 1. The molecule has 0 saturated carbocycles. The second-order valence-corrected chi connectivity index (χ2v) is 7.48. The molecule has 8 nitrogen and oxygen atoms in total. The van der Waals surface area contributed by atoms with Crippen molar-refractivity contribution in [3.63, 3.8) is 0 Å². The molecule has 146 valence electrons. The average molecular weight is 401 g/mol. The summed E-state index contributed by atoms with van der Waals surface area (Å²) in [7, 11) is 0. The number of aryl methyl sites for hydroxylation is 1. The zero-order valence-electron chi connectivity index (χ0n) is 15.4. The molecule has 0 aliphatic carbocycles. The number of carbonyl (C=O) groups is 1. The van der Waals surface area contributed by atoms with Gasteiger partial charge in [0.1, 0.15) is 5.82 Å². The quantitative estimate of drug-likeness (QED) is 0.664. The Bertz CT molecular complexity index is 1020. The summed E-state index contributed by atoms with van der Waals surface area (Å²) in [6, 6.07) is 8.50. The molecule has 1 fully saturated rings. The van der Waals surface area contributed by atoms with Crippen LogP contribution in [-0.2, 0) is 4.79 Å². The zero-order valence-corrected chi connectivity index (χ0v) is 16.2. The van der Waals surface area contributed by atoms with Crippen molar-refractivity contribution in [3.05, 3.63) is 41.8 Å². The van der Waals surface area contributed by atoms with E-state index in [4.69, 9.17) is 5.73 Å². The number of hydrogen-bond acceptors (Lipinski definition) is 7. The van der Waals surface area contributed by atoms with Gasteiger partial charge < -0.3 is 15.5 Å². The normalized spacial score (nSPS) is 14.6. The Kier molecular flexibility index (Phi) is 5.03. The smallest absolute Gasteiger partial charge is 0.233 e. The van der Waals surface area contributed by atoms with Crippen LogP contribution in [0.4, 0.5) is 16.0 Å². The zero-order chi connectivity index (χ0) is 19.7. The van der Waals surface area contributed by atoms with Crippen molar-refractivity contribution >= 4 is 35.0 Å². The summed E-state index contributed by atoms with van der Waals surface area (Å²) in [5.41, 5.74) is 7.91. The number of nitrogen functional groups attached to an aromatic ring is 1. The van der Waals surface area contributed by atoms with Crippen LogP contribution in [0.25, 0.3) is 5.65 Å². The van der Waals surface area contributed by atoms with Gasteiger partial charge in [-0.15, -0.1) is 10.2 Å². The molecule has 1 aliphatic heterocycles.